The van der Waals surface area contributed by atoms with E-state index in [1.54, 1.807) is 42.5 Å². The zero-order valence-corrected chi connectivity index (χ0v) is 12.7. The molecule has 0 aromatic heterocycles. The number of terminal acetylenes is 1. The Balaban J connectivity index is 1.56. The summed E-state index contributed by atoms with van der Waals surface area (Å²) < 4.78 is 10.4. The minimum atomic E-state index is -0.374. The van der Waals surface area contributed by atoms with Gasteiger partial charge >= 0.3 is 0 Å². The fourth-order valence-electron chi connectivity index (χ4n) is 2.19. The predicted molar refractivity (Wildman–Crippen MR) is 87.9 cm³/mol. The molecular formula is C18H14N2O4. The summed E-state index contributed by atoms with van der Waals surface area (Å²) in [7, 11) is 0. The SMILES string of the molecule is C#Cc1cccc(NC(=O)CNC(=O)c2ccc3c(c2)OCO3)c1. The third kappa shape index (κ3) is 3.47. The van der Waals surface area contributed by atoms with Gasteiger partial charge in [0.15, 0.2) is 11.5 Å². The van der Waals surface area contributed by atoms with Gasteiger partial charge < -0.3 is 20.1 Å². The van der Waals surface area contributed by atoms with E-state index >= 15 is 0 Å². The third-order valence-electron chi connectivity index (χ3n) is 3.36. The van der Waals surface area contributed by atoms with E-state index in [-0.39, 0.29) is 25.2 Å². The zero-order valence-electron chi connectivity index (χ0n) is 12.7. The van der Waals surface area contributed by atoms with Crippen LogP contribution in [0, 0.1) is 12.3 Å². The average molecular weight is 322 g/mol. The Morgan fingerprint density at radius 3 is 2.79 bits per heavy atom. The van der Waals surface area contributed by atoms with Crippen LogP contribution in [-0.4, -0.2) is 25.2 Å². The Bertz CT molecular complexity index is 839. The monoisotopic (exact) mass is 322 g/mol. The molecule has 24 heavy (non-hydrogen) atoms. The molecule has 1 aliphatic heterocycles. The van der Waals surface area contributed by atoms with Crippen LogP contribution in [0.15, 0.2) is 42.5 Å². The quantitative estimate of drug-likeness (QED) is 0.841. The van der Waals surface area contributed by atoms with Crippen LogP contribution in [0.1, 0.15) is 15.9 Å². The maximum absolute atomic E-state index is 12.1. The van der Waals surface area contributed by atoms with Gasteiger partial charge in [-0.15, -0.1) is 6.42 Å². The Morgan fingerprint density at radius 1 is 1.12 bits per heavy atom. The van der Waals surface area contributed by atoms with Gasteiger partial charge in [-0.05, 0) is 36.4 Å². The van der Waals surface area contributed by atoms with Gasteiger partial charge in [0.05, 0.1) is 6.54 Å². The molecule has 0 saturated carbocycles. The van der Waals surface area contributed by atoms with E-state index < -0.39 is 0 Å². The summed E-state index contributed by atoms with van der Waals surface area (Å²) in [4.78, 5) is 24.0. The number of amides is 2. The van der Waals surface area contributed by atoms with Gasteiger partial charge in [-0.1, -0.05) is 12.0 Å². The Hall–Kier alpha value is -3.46. The highest BCUT2D eigenvalue weighted by Gasteiger charge is 2.16. The number of rotatable bonds is 4. The largest absolute Gasteiger partial charge is 0.454 e. The molecule has 2 aromatic carbocycles. The van der Waals surface area contributed by atoms with E-state index in [0.29, 0.717) is 28.3 Å². The van der Waals surface area contributed by atoms with Crippen LogP contribution in [0.5, 0.6) is 11.5 Å². The average Bonchev–Trinajstić information content (AvgIpc) is 3.07. The third-order valence-corrected chi connectivity index (χ3v) is 3.36. The topological polar surface area (TPSA) is 76.7 Å². The molecule has 2 amide bonds. The molecule has 0 bridgehead atoms. The van der Waals surface area contributed by atoms with Gasteiger partial charge in [0, 0.05) is 16.8 Å². The van der Waals surface area contributed by atoms with Crippen molar-refractivity contribution in [2.24, 2.45) is 0 Å². The second kappa shape index (κ2) is 6.75. The van der Waals surface area contributed by atoms with Crippen molar-refractivity contribution in [3.05, 3.63) is 53.6 Å². The van der Waals surface area contributed by atoms with Gasteiger partial charge in [0.1, 0.15) is 0 Å². The highest BCUT2D eigenvalue weighted by atomic mass is 16.7. The van der Waals surface area contributed by atoms with Crippen LogP contribution >= 0.6 is 0 Å². The molecule has 0 saturated heterocycles. The first-order valence-corrected chi connectivity index (χ1v) is 7.20. The lowest BCUT2D eigenvalue weighted by molar-refractivity contribution is -0.115. The maximum atomic E-state index is 12.1. The lowest BCUT2D eigenvalue weighted by atomic mass is 10.2. The van der Waals surface area contributed by atoms with Crippen molar-refractivity contribution in [3.63, 3.8) is 0 Å². The number of fused-ring (bicyclic) bond motifs is 1. The summed E-state index contributed by atoms with van der Waals surface area (Å²) in [6.07, 6.45) is 5.31. The molecule has 6 nitrogen and oxygen atoms in total. The highest BCUT2D eigenvalue weighted by molar-refractivity contribution is 5.99. The number of carbonyl (C=O) groups excluding carboxylic acids is 2. The van der Waals surface area contributed by atoms with Crippen LogP contribution in [-0.2, 0) is 4.79 Å². The summed E-state index contributed by atoms with van der Waals surface area (Å²) in [5.41, 5.74) is 1.63. The molecule has 2 N–H and O–H groups in total. The molecule has 0 spiro atoms. The number of anilines is 1. The fourth-order valence-corrected chi connectivity index (χ4v) is 2.19. The Morgan fingerprint density at radius 2 is 1.96 bits per heavy atom. The van der Waals surface area contributed by atoms with Crippen molar-refractivity contribution in [3.8, 4) is 23.8 Å². The van der Waals surface area contributed by atoms with Crippen LogP contribution in [0.3, 0.4) is 0 Å². The van der Waals surface area contributed by atoms with Crippen molar-refractivity contribution in [1.29, 1.82) is 0 Å². The molecule has 2 aromatic rings. The molecule has 0 fully saturated rings. The summed E-state index contributed by atoms with van der Waals surface area (Å²) in [6.45, 7) is -0.0207. The first kappa shape index (κ1) is 15.4. The molecule has 6 heteroatoms. The summed E-state index contributed by atoms with van der Waals surface area (Å²) in [6, 6.07) is 11.7. The first-order chi connectivity index (χ1) is 11.7. The van der Waals surface area contributed by atoms with Gasteiger partial charge in [0.25, 0.3) is 5.91 Å². The number of ether oxygens (including phenoxy) is 2. The molecule has 0 radical (unpaired) electrons. The van der Waals surface area contributed by atoms with Crippen molar-refractivity contribution in [2.75, 3.05) is 18.7 Å². The van der Waals surface area contributed by atoms with Crippen LogP contribution in [0.4, 0.5) is 5.69 Å². The van der Waals surface area contributed by atoms with E-state index in [1.807, 2.05) is 0 Å². The molecule has 1 heterocycles. The van der Waals surface area contributed by atoms with E-state index in [4.69, 9.17) is 15.9 Å². The van der Waals surface area contributed by atoms with E-state index in [1.165, 1.54) is 0 Å². The standard InChI is InChI=1S/C18H14N2O4/c1-2-12-4-3-5-14(8-12)20-17(21)10-19-18(22)13-6-7-15-16(9-13)24-11-23-15/h1,3-9H,10-11H2,(H,19,22)(H,20,21). The molecule has 0 aliphatic carbocycles. The van der Waals surface area contributed by atoms with Gasteiger partial charge in [-0.2, -0.15) is 0 Å². The molecule has 3 rings (SSSR count). The Kier molecular flexibility index (Phi) is 4.34. The molecule has 0 unspecified atom stereocenters. The normalized spacial score (nSPS) is 11.5. The number of nitrogens with one attached hydrogen (secondary N) is 2. The lowest BCUT2D eigenvalue weighted by Gasteiger charge is -2.08. The van der Waals surface area contributed by atoms with E-state index in [0.717, 1.165) is 0 Å². The smallest absolute Gasteiger partial charge is 0.251 e. The molecule has 0 atom stereocenters. The second-order valence-corrected chi connectivity index (χ2v) is 5.02. The van der Waals surface area contributed by atoms with Gasteiger partial charge in [-0.3, -0.25) is 9.59 Å². The summed E-state index contributed by atoms with van der Waals surface area (Å²) in [5.74, 6) is 2.87. The summed E-state index contributed by atoms with van der Waals surface area (Å²) in [5, 5.41) is 5.22. The number of carbonyl (C=O) groups is 2. The molecular weight excluding hydrogens is 308 g/mol. The minimum Gasteiger partial charge on any atom is -0.454 e. The predicted octanol–water partition coefficient (Wildman–Crippen LogP) is 1.77. The zero-order chi connectivity index (χ0) is 16.9. The van der Waals surface area contributed by atoms with E-state index in [9.17, 15) is 9.59 Å². The maximum Gasteiger partial charge on any atom is 0.251 e. The van der Waals surface area contributed by atoms with Crippen molar-refractivity contribution >= 4 is 17.5 Å². The van der Waals surface area contributed by atoms with Crippen molar-refractivity contribution < 1.29 is 19.1 Å². The minimum absolute atomic E-state index is 0.138. The van der Waals surface area contributed by atoms with E-state index in [2.05, 4.69) is 16.6 Å². The highest BCUT2D eigenvalue weighted by Crippen LogP contribution is 2.32. The van der Waals surface area contributed by atoms with Crippen LogP contribution in [0.25, 0.3) is 0 Å². The van der Waals surface area contributed by atoms with Crippen LogP contribution < -0.4 is 20.1 Å². The van der Waals surface area contributed by atoms with Crippen molar-refractivity contribution in [1.82, 2.24) is 5.32 Å². The number of hydrogen-bond acceptors (Lipinski definition) is 4. The van der Waals surface area contributed by atoms with Gasteiger partial charge in [-0.25, -0.2) is 0 Å². The number of hydrogen-bond donors (Lipinski definition) is 2. The van der Waals surface area contributed by atoms with Crippen molar-refractivity contribution in [2.45, 2.75) is 0 Å². The summed E-state index contributed by atoms with van der Waals surface area (Å²) >= 11 is 0. The van der Waals surface area contributed by atoms with Gasteiger partial charge in [0.2, 0.25) is 12.7 Å². The first-order valence-electron chi connectivity index (χ1n) is 7.20. The number of benzene rings is 2. The van der Waals surface area contributed by atoms with Crippen LogP contribution in [0.2, 0.25) is 0 Å². The molecule has 120 valence electrons. The molecule has 1 aliphatic rings. The second-order valence-electron chi connectivity index (χ2n) is 5.02. The lowest BCUT2D eigenvalue weighted by Crippen LogP contribution is -2.32. The Labute approximate surface area is 138 Å². The fraction of sp³-hybridized carbons (Fsp3) is 0.111.